The molecule has 2 heterocycles. The summed E-state index contributed by atoms with van der Waals surface area (Å²) < 4.78 is 4.41. The number of aryl methyl sites for hydroxylation is 1. The van der Waals surface area contributed by atoms with E-state index in [1.807, 2.05) is 73.2 Å². The Balaban J connectivity index is 1.93. The number of nitrogens with one attached hydrogen (secondary N) is 2. The number of aliphatic hydroxyl groups excluding tert-OH is 1. The van der Waals surface area contributed by atoms with Crippen molar-refractivity contribution in [3.8, 4) is 0 Å². The maximum atomic E-state index is 13.6. The van der Waals surface area contributed by atoms with E-state index in [4.69, 9.17) is 5.10 Å². The van der Waals surface area contributed by atoms with Crippen LogP contribution in [0.5, 0.6) is 0 Å². The molecule has 4 aromatic rings. The maximum Gasteiger partial charge on any atom is 0.434 e. The van der Waals surface area contributed by atoms with Gasteiger partial charge in [0.25, 0.3) is 0 Å². The van der Waals surface area contributed by atoms with Gasteiger partial charge in [0.2, 0.25) is 16.2 Å². The molecule has 0 radical (unpaired) electrons. The Labute approximate surface area is 284 Å². The minimum atomic E-state index is -2.55. The molecule has 11 nitrogen and oxygen atoms in total. The zero-order valence-electron chi connectivity index (χ0n) is 25.9. The van der Waals surface area contributed by atoms with Crippen LogP contribution in [0, 0.1) is 6.92 Å². The molecule has 1 aromatic heterocycles. The fourth-order valence-corrected chi connectivity index (χ4v) is 9.15. The number of rotatable bonds is 7. The predicted molar refractivity (Wildman–Crippen MR) is 193 cm³/mol. The number of guanidine groups is 1. The summed E-state index contributed by atoms with van der Waals surface area (Å²) >= 11 is 6.15. The minimum Gasteiger partial charge on any atom is -0.491 e. The van der Waals surface area contributed by atoms with E-state index in [1.165, 1.54) is 33.2 Å². The second kappa shape index (κ2) is 14.7. The van der Waals surface area contributed by atoms with E-state index in [2.05, 4.69) is 77.3 Å². The van der Waals surface area contributed by atoms with Crippen LogP contribution < -0.4 is 27.0 Å². The Morgan fingerprint density at radius 2 is 1.59 bits per heavy atom. The normalized spacial score (nSPS) is 13.7. The number of benzene rings is 3. The van der Waals surface area contributed by atoms with Gasteiger partial charge in [-0.05, 0) is 50.7 Å². The summed E-state index contributed by atoms with van der Waals surface area (Å²) in [5, 5.41) is 33.5. The number of hydrazone groups is 1. The first kappa shape index (κ1) is 33.5. The zero-order valence-corrected chi connectivity index (χ0v) is 30.0. The van der Waals surface area contributed by atoms with Crippen LogP contribution in [-0.4, -0.2) is 59.6 Å². The lowest BCUT2D eigenvalue weighted by molar-refractivity contribution is -0.410. The first-order valence-electron chi connectivity index (χ1n) is 14.1. The summed E-state index contributed by atoms with van der Waals surface area (Å²) in [5.41, 5.74) is 7.48. The number of hydrogen-bond donors (Lipinski definition) is 3. The van der Waals surface area contributed by atoms with E-state index in [0.717, 1.165) is 20.6 Å². The summed E-state index contributed by atoms with van der Waals surface area (Å²) in [6, 6.07) is 28.7. The van der Waals surface area contributed by atoms with E-state index in [-0.39, 0.29) is 11.6 Å². The summed E-state index contributed by atoms with van der Waals surface area (Å²) in [5.74, 6) is 0.204. The van der Waals surface area contributed by atoms with Crippen molar-refractivity contribution in [2.45, 2.75) is 25.5 Å². The third kappa shape index (κ3) is 6.95. The van der Waals surface area contributed by atoms with E-state index in [9.17, 15) is 9.90 Å². The van der Waals surface area contributed by atoms with Crippen LogP contribution in [0.15, 0.2) is 121 Å². The molecule has 0 saturated carbocycles. The number of aromatic nitrogens is 3. The van der Waals surface area contributed by atoms with Crippen molar-refractivity contribution in [2.75, 3.05) is 19.2 Å². The van der Waals surface area contributed by atoms with Gasteiger partial charge in [0.15, 0.2) is 0 Å². The van der Waals surface area contributed by atoms with Crippen molar-refractivity contribution in [1.29, 1.82) is 0 Å². The predicted octanol–water partition coefficient (Wildman–Crippen LogP) is 5.04. The molecule has 0 aliphatic carbocycles. The third-order valence-electron chi connectivity index (χ3n) is 7.29. The smallest absolute Gasteiger partial charge is 0.434 e. The second-order valence-electron chi connectivity index (χ2n) is 10.2. The third-order valence-corrected chi connectivity index (χ3v) is 13.0. The van der Waals surface area contributed by atoms with Gasteiger partial charge in [0.05, 0.1) is 19.3 Å². The van der Waals surface area contributed by atoms with Crippen LogP contribution in [0.3, 0.4) is 0 Å². The van der Waals surface area contributed by atoms with Crippen LogP contribution in [0.1, 0.15) is 18.2 Å². The zero-order chi connectivity index (χ0) is 32.8. The molecule has 238 valence electrons. The highest BCUT2D eigenvalue weighted by molar-refractivity contribution is 9.10. The molecule has 1 aliphatic heterocycles. The lowest BCUT2D eigenvalue weighted by atomic mass is 10.2. The summed E-state index contributed by atoms with van der Waals surface area (Å²) in [4.78, 5) is 13.6. The number of amidine groups is 1. The fraction of sp³-hybridized carbons (Fsp3) is 0.194. The van der Waals surface area contributed by atoms with Gasteiger partial charge in [-0.25, -0.2) is 4.33 Å². The molecule has 0 amide bonds. The highest BCUT2D eigenvalue weighted by Crippen LogP contribution is 2.43. The highest BCUT2D eigenvalue weighted by Gasteiger charge is 2.35. The van der Waals surface area contributed by atoms with Crippen LogP contribution in [0.2, 0.25) is 0 Å². The van der Waals surface area contributed by atoms with E-state index in [1.54, 1.807) is 13.8 Å². The molecular weight excluding hydrogens is 705 g/mol. The number of allylic oxidation sites excluding steroid dienone is 1. The van der Waals surface area contributed by atoms with Gasteiger partial charge in [-0.15, -0.1) is 25.0 Å². The molecule has 0 saturated heterocycles. The standard InChI is InChI=1S/C31H33BrN9O2PS2/c1-21-27(42)40(30(45-4)35-33-21)37-29(38-41-28(43)22(2)34-36-31(41)46-5)39(20-23-16-18-24(32)19-17-23)44(3,25-12-8-6-9-13-25)26-14-10-7-11-15-26/h6-19H,20H2,1-5H3,(H2-,33,34,37,38,42,43)/p+1. The van der Waals surface area contributed by atoms with Gasteiger partial charge in [-0.3, -0.25) is 10.2 Å². The van der Waals surface area contributed by atoms with Gasteiger partial charge < -0.3 is 5.11 Å². The first-order chi connectivity index (χ1) is 22.2. The minimum absolute atomic E-state index is 0.0865. The molecule has 0 spiro atoms. The largest absolute Gasteiger partial charge is 0.491 e. The number of hydrogen-bond acceptors (Lipinski definition) is 10. The average molecular weight is 740 g/mol. The van der Waals surface area contributed by atoms with Gasteiger partial charge in [-0.1, -0.05) is 112 Å². The number of halogens is 1. The monoisotopic (exact) mass is 738 g/mol. The summed E-state index contributed by atoms with van der Waals surface area (Å²) in [6.45, 7) is 5.95. The van der Waals surface area contributed by atoms with Gasteiger partial charge in [-0.2, -0.15) is 5.43 Å². The molecule has 0 bridgehead atoms. The van der Waals surface area contributed by atoms with E-state index in [0.29, 0.717) is 28.5 Å². The van der Waals surface area contributed by atoms with E-state index >= 15 is 0 Å². The fourth-order valence-electron chi connectivity index (χ4n) is 4.75. The van der Waals surface area contributed by atoms with Gasteiger partial charge in [0.1, 0.15) is 5.69 Å². The van der Waals surface area contributed by atoms with Crippen molar-refractivity contribution < 1.29 is 9.43 Å². The lowest BCUT2D eigenvalue weighted by Crippen LogP contribution is -2.52. The first-order valence-corrected chi connectivity index (χ1v) is 19.5. The molecule has 1 aliphatic rings. The Bertz CT molecular complexity index is 1890. The van der Waals surface area contributed by atoms with Gasteiger partial charge in [0, 0.05) is 20.2 Å². The molecule has 15 heteroatoms. The van der Waals surface area contributed by atoms with Crippen molar-refractivity contribution in [3.63, 3.8) is 0 Å². The van der Waals surface area contributed by atoms with E-state index < -0.39 is 12.6 Å². The number of thioether (sulfide) groups is 2. The summed E-state index contributed by atoms with van der Waals surface area (Å²) in [7, 11) is -2.55. The van der Waals surface area contributed by atoms with Gasteiger partial charge >= 0.3 is 11.5 Å². The van der Waals surface area contributed by atoms with Crippen LogP contribution in [-0.2, 0) is 6.54 Å². The Morgan fingerprint density at radius 1 is 0.978 bits per heavy atom. The lowest BCUT2D eigenvalue weighted by Gasteiger charge is -2.30. The number of nitrogens with zero attached hydrogens (tertiary/aromatic N) is 7. The molecule has 0 unspecified atom stereocenters. The molecule has 3 N–H and O–H groups in total. The quantitative estimate of drug-likeness (QED) is 0.104. The van der Waals surface area contributed by atoms with Crippen LogP contribution in [0.25, 0.3) is 0 Å². The maximum absolute atomic E-state index is 13.6. The molecule has 3 aromatic carbocycles. The number of aliphatic hydroxyl groups is 1. The Kier molecular flexibility index (Phi) is 10.7. The Morgan fingerprint density at radius 3 is 2.15 bits per heavy atom. The van der Waals surface area contributed by atoms with Crippen molar-refractivity contribution in [1.82, 2.24) is 30.7 Å². The molecule has 46 heavy (non-hydrogen) atoms. The molecule has 5 rings (SSSR count). The van der Waals surface area contributed by atoms with Crippen molar-refractivity contribution in [3.05, 3.63) is 123 Å². The van der Waals surface area contributed by atoms with Crippen LogP contribution >= 0.6 is 46.5 Å². The molecule has 0 fully saturated rings. The SMILES string of the molecule is CSC1=NNC(C)=C(O)N1N/C(=N\n1c(SC)nnc(C)c1=O)[N+](Cc1ccc(Br)cc1)=P(C)(c1ccccc1)c1ccccc1. The van der Waals surface area contributed by atoms with Crippen molar-refractivity contribution >= 4 is 68.2 Å². The second-order valence-corrected chi connectivity index (χ2v) is 16.1. The van der Waals surface area contributed by atoms with Crippen LogP contribution in [0.4, 0.5) is 0 Å². The highest BCUT2D eigenvalue weighted by atomic mass is 79.9. The molecular formula is C31H34BrN9O2PS2+. The Hall–Kier alpha value is -3.84. The number of hydrazine groups is 1. The topological polar surface area (TPSA) is 123 Å². The summed E-state index contributed by atoms with van der Waals surface area (Å²) in [6.07, 6.45) is 3.67. The van der Waals surface area contributed by atoms with Crippen molar-refractivity contribution in [2.24, 2.45) is 10.2 Å². The molecule has 0 atom stereocenters. The average Bonchev–Trinajstić information content (AvgIpc) is 3.08.